The highest BCUT2D eigenvalue weighted by Gasteiger charge is 2.23. The fourth-order valence-corrected chi connectivity index (χ4v) is 2.43. The highest BCUT2D eigenvalue weighted by Crippen LogP contribution is 2.20. The Hall–Kier alpha value is -0.140. The van der Waals surface area contributed by atoms with Crippen LogP contribution in [0.3, 0.4) is 0 Å². The molecule has 100 valence electrons. The number of rotatable bonds is 5. The molecular weight excluding hydrogens is 409 g/mol. The summed E-state index contributed by atoms with van der Waals surface area (Å²) < 4.78 is 1.76. The lowest BCUT2D eigenvalue weighted by Gasteiger charge is -2.25. The summed E-state index contributed by atoms with van der Waals surface area (Å²) in [5, 5.41) is 12.9. The second-order valence-corrected chi connectivity index (χ2v) is 6.34. The zero-order valence-electron chi connectivity index (χ0n) is 10.5. The van der Waals surface area contributed by atoms with Crippen LogP contribution in [-0.4, -0.2) is 23.2 Å². The molecule has 0 aromatic heterocycles. The summed E-state index contributed by atoms with van der Waals surface area (Å²) in [6, 6.07) is 5.59. The van der Waals surface area contributed by atoms with Gasteiger partial charge in [-0.05, 0) is 69.6 Å². The fraction of sp³-hybridized carbons (Fsp3) is 0.462. The van der Waals surface area contributed by atoms with Crippen molar-refractivity contribution in [3.05, 3.63) is 31.8 Å². The van der Waals surface area contributed by atoms with Crippen molar-refractivity contribution in [3.8, 4) is 0 Å². The number of aliphatic hydroxyl groups is 1. The van der Waals surface area contributed by atoms with E-state index in [9.17, 15) is 9.90 Å². The first kappa shape index (κ1) is 15.9. The molecule has 1 aromatic carbocycles. The van der Waals surface area contributed by atoms with Crippen LogP contribution in [0.5, 0.6) is 0 Å². The number of carbonyl (C=O) groups is 1. The zero-order valence-corrected chi connectivity index (χ0v) is 14.2. The lowest BCUT2D eigenvalue weighted by atomic mass is 9.97. The van der Waals surface area contributed by atoms with Crippen molar-refractivity contribution in [3.63, 3.8) is 0 Å². The van der Waals surface area contributed by atoms with Gasteiger partial charge in [-0.15, -0.1) is 0 Å². The number of hydrogen-bond donors (Lipinski definition) is 2. The maximum absolute atomic E-state index is 12.0. The highest BCUT2D eigenvalue weighted by atomic mass is 127. The minimum Gasteiger partial charge on any atom is -0.388 e. The number of nitrogens with one attached hydrogen (secondary N) is 1. The summed E-state index contributed by atoms with van der Waals surface area (Å²) in [7, 11) is 0. The van der Waals surface area contributed by atoms with Gasteiger partial charge in [-0.3, -0.25) is 4.79 Å². The molecule has 0 aliphatic rings. The Morgan fingerprint density at radius 1 is 1.44 bits per heavy atom. The molecule has 0 unspecified atom stereocenters. The minimum atomic E-state index is -0.815. The Labute approximate surface area is 130 Å². The number of amides is 1. The molecule has 1 amide bonds. The van der Waals surface area contributed by atoms with E-state index in [1.807, 2.05) is 32.0 Å². The van der Waals surface area contributed by atoms with Crippen LogP contribution in [-0.2, 0) is 0 Å². The monoisotopic (exact) mass is 425 g/mol. The Balaban J connectivity index is 2.74. The van der Waals surface area contributed by atoms with Crippen LogP contribution in [0.25, 0.3) is 0 Å². The molecule has 0 spiro atoms. The third-order valence-corrected chi connectivity index (χ3v) is 4.43. The SMILES string of the molecule is CCC(O)(CC)CNC(=O)c1cc(I)ccc1Br. The van der Waals surface area contributed by atoms with Gasteiger partial charge in [0.25, 0.3) is 5.91 Å². The lowest BCUT2D eigenvalue weighted by molar-refractivity contribution is 0.0314. The van der Waals surface area contributed by atoms with E-state index in [-0.39, 0.29) is 12.5 Å². The van der Waals surface area contributed by atoms with Crippen LogP contribution in [0.4, 0.5) is 0 Å². The quantitative estimate of drug-likeness (QED) is 0.711. The summed E-state index contributed by atoms with van der Waals surface area (Å²) in [5.74, 6) is -0.166. The molecule has 0 saturated heterocycles. The largest absolute Gasteiger partial charge is 0.388 e. The minimum absolute atomic E-state index is 0.166. The first-order chi connectivity index (χ1) is 8.41. The van der Waals surface area contributed by atoms with Crippen LogP contribution < -0.4 is 5.32 Å². The standard InChI is InChI=1S/C13H17BrINO2/c1-3-13(18,4-2)8-16-12(17)10-7-9(15)5-6-11(10)14/h5-7,18H,3-4,8H2,1-2H3,(H,16,17). The summed E-state index contributed by atoms with van der Waals surface area (Å²) in [4.78, 5) is 12.0. The normalized spacial score (nSPS) is 11.4. The van der Waals surface area contributed by atoms with E-state index in [1.165, 1.54) is 0 Å². The third-order valence-electron chi connectivity index (χ3n) is 3.07. The van der Waals surface area contributed by atoms with Gasteiger partial charge in [-0.2, -0.15) is 0 Å². The van der Waals surface area contributed by atoms with E-state index >= 15 is 0 Å². The van der Waals surface area contributed by atoms with Gasteiger partial charge in [0.15, 0.2) is 0 Å². The predicted octanol–water partition coefficient (Wildman–Crippen LogP) is 3.33. The van der Waals surface area contributed by atoms with E-state index < -0.39 is 5.60 Å². The van der Waals surface area contributed by atoms with Gasteiger partial charge in [0.1, 0.15) is 0 Å². The molecular formula is C13H17BrINO2. The molecule has 0 heterocycles. The van der Waals surface area contributed by atoms with Crippen LogP contribution >= 0.6 is 38.5 Å². The van der Waals surface area contributed by atoms with Gasteiger partial charge in [0.05, 0.1) is 11.2 Å². The van der Waals surface area contributed by atoms with E-state index in [1.54, 1.807) is 0 Å². The van der Waals surface area contributed by atoms with Crippen molar-refractivity contribution in [2.45, 2.75) is 32.3 Å². The Morgan fingerprint density at radius 3 is 2.61 bits per heavy atom. The molecule has 0 radical (unpaired) electrons. The third kappa shape index (κ3) is 4.20. The van der Waals surface area contributed by atoms with Crippen molar-refractivity contribution in [2.24, 2.45) is 0 Å². The van der Waals surface area contributed by atoms with Crippen LogP contribution in [0.2, 0.25) is 0 Å². The molecule has 0 bridgehead atoms. The molecule has 2 N–H and O–H groups in total. The van der Waals surface area contributed by atoms with Crippen molar-refractivity contribution in [2.75, 3.05) is 6.54 Å². The number of hydrogen-bond acceptors (Lipinski definition) is 2. The van der Waals surface area contributed by atoms with Gasteiger partial charge in [-0.1, -0.05) is 13.8 Å². The van der Waals surface area contributed by atoms with Gasteiger partial charge in [0, 0.05) is 14.6 Å². The first-order valence-corrected chi connectivity index (χ1v) is 7.74. The number of halogens is 2. The Morgan fingerprint density at radius 2 is 2.06 bits per heavy atom. The summed E-state index contributed by atoms with van der Waals surface area (Å²) in [6.07, 6.45) is 1.24. The molecule has 1 aromatic rings. The summed E-state index contributed by atoms with van der Waals surface area (Å²) in [5.41, 5.74) is -0.221. The lowest BCUT2D eigenvalue weighted by Crippen LogP contribution is -2.42. The van der Waals surface area contributed by atoms with Gasteiger partial charge >= 0.3 is 0 Å². The fourth-order valence-electron chi connectivity index (χ4n) is 1.51. The smallest absolute Gasteiger partial charge is 0.252 e. The topological polar surface area (TPSA) is 49.3 Å². The average molecular weight is 426 g/mol. The maximum Gasteiger partial charge on any atom is 0.252 e. The molecule has 3 nitrogen and oxygen atoms in total. The van der Waals surface area contributed by atoms with Crippen molar-refractivity contribution in [1.29, 1.82) is 0 Å². The van der Waals surface area contributed by atoms with Crippen molar-refractivity contribution >= 4 is 44.4 Å². The molecule has 0 fully saturated rings. The van der Waals surface area contributed by atoms with E-state index in [4.69, 9.17) is 0 Å². The Bertz CT molecular complexity index is 433. The van der Waals surface area contributed by atoms with E-state index in [2.05, 4.69) is 43.8 Å². The zero-order chi connectivity index (χ0) is 13.8. The van der Waals surface area contributed by atoms with Crippen LogP contribution in [0.1, 0.15) is 37.0 Å². The summed E-state index contributed by atoms with van der Waals surface area (Å²) >= 11 is 5.52. The molecule has 0 saturated carbocycles. The van der Waals surface area contributed by atoms with Gasteiger partial charge in [0.2, 0.25) is 0 Å². The van der Waals surface area contributed by atoms with Crippen molar-refractivity contribution in [1.82, 2.24) is 5.32 Å². The maximum atomic E-state index is 12.0. The van der Waals surface area contributed by atoms with E-state index in [0.717, 1.165) is 8.04 Å². The molecule has 5 heteroatoms. The van der Waals surface area contributed by atoms with Crippen molar-refractivity contribution < 1.29 is 9.90 Å². The van der Waals surface area contributed by atoms with Gasteiger partial charge < -0.3 is 10.4 Å². The predicted molar refractivity (Wildman–Crippen MR) is 84.7 cm³/mol. The molecule has 0 atom stereocenters. The van der Waals surface area contributed by atoms with Gasteiger partial charge in [-0.25, -0.2) is 0 Å². The molecule has 0 aliphatic carbocycles. The second kappa shape index (κ2) is 6.86. The van der Waals surface area contributed by atoms with Crippen LogP contribution in [0, 0.1) is 3.57 Å². The average Bonchev–Trinajstić information content (AvgIpc) is 2.38. The number of benzene rings is 1. The molecule has 18 heavy (non-hydrogen) atoms. The highest BCUT2D eigenvalue weighted by molar-refractivity contribution is 14.1. The summed E-state index contributed by atoms with van der Waals surface area (Å²) in [6.45, 7) is 4.10. The molecule has 0 aliphatic heterocycles. The Kier molecular flexibility index (Phi) is 6.07. The molecule has 1 rings (SSSR count). The van der Waals surface area contributed by atoms with E-state index in [0.29, 0.717) is 18.4 Å². The first-order valence-electron chi connectivity index (χ1n) is 5.87. The second-order valence-electron chi connectivity index (χ2n) is 4.24. The number of carbonyl (C=O) groups excluding carboxylic acids is 1. The van der Waals surface area contributed by atoms with Crippen LogP contribution in [0.15, 0.2) is 22.7 Å².